The van der Waals surface area contributed by atoms with Crippen LogP contribution in [0.25, 0.3) is 0 Å². The van der Waals surface area contributed by atoms with Gasteiger partial charge >= 0.3 is 12.7 Å². The molecule has 0 aliphatic rings. The normalized spacial score (nSPS) is 12.3. The minimum Gasteiger partial charge on any atom is -0.406 e. The second kappa shape index (κ2) is 6.88. The average molecular weight is 317 g/mol. The predicted molar refractivity (Wildman–Crippen MR) is 59.4 cm³/mol. The lowest BCUT2D eigenvalue weighted by molar-refractivity contribution is -0.276. The lowest BCUT2D eigenvalue weighted by Gasteiger charge is -2.14. The van der Waals surface area contributed by atoms with Gasteiger partial charge in [0.15, 0.2) is 0 Å². The first-order valence-corrected chi connectivity index (χ1v) is 5.61. The van der Waals surface area contributed by atoms with Gasteiger partial charge in [-0.3, -0.25) is 0 Å². The van der Waals surface area contributed by atoms with Gasteiger partial charge in [0.25, 0.3) is 0 Å². The summed E-state index contributed by atoms with van der Waals surface area (Å²) in [7, 11) is 0. The summed E-state index contributed by atoms with van der Waals surface area (Å²) >= 11 is 0. The third-order valence-electron chi connectivity index (χ3n) is 1.96. The summed E-state index contributed by atoms with van der Waals surface area (Å²) in [5, 5.41) is 0. The van der Waals surface area contributed by atoms with Crippen LogP contribution in [0.5, 0.6) is 11.5 Å². The van der Waals surface area contributed by atoms with E-state index in [1.807, 2.05) is 0 Å². The standard InChI is InChI=1S/C12H11F6O3/c1-2-3-19-7-8-4-9(20-11(13,14)15)6-10(5-8)21-12(16,17)18/h4-6H,1-3,7H2. The second-order valence-electron chi connectivity index (χ2n) is 3.81. The minimum absolute atomic E-state index is 0.0458. The van der Waals surface area contributed by atoms with Crippen molar-refractivity contribution in [2.75, 3.05) is 6.61 Å². The van der Waals surface area contributed by atoms with Crippen molar-refractivity contribution in [3.63, 3.8) is 0 Å². The highest BCUT2D eigenvalue weighted by Crippen LogP contribution is 2.31. The van der Waals surface area contributed by atoms with Crippen LogP contribution in [0.15, 0.2) is 18.2 Å². The Balaban J connectivity index is 2.95. The average Bonchev–Trinajstić information content (AvgIpc) is 2.24. The molecule has 0 atom stereocenters. The van der Waals surface area contributed by atoms with Crippen LogP contribution in [0.3, 0.4) is 0 Å². The molecule has 0 N–H and O–H groups in total. The summed E-state index contributed by atoms with van der Waals surface area (Å²) in [5.74, 6) is -1.64. The Bertz CT molecular complexity index is 421. The zero-order valence-electron chi connectivity index (χ0n) is 10.6. The summed E-state index contributed by atoms with van der Waals surface area (Å²) in [6, 6.07) is 2.32. The van der Waals surface area contributed by atoms with Gasteiger partial charge in [0.2, 0.25) is 0 Å². The van der Waals surface area contributed by atoms with Crippen LogP contribution in [0.2, 0.25) is 0 Å². The summed E-state index contributed by atoms with van der Waals surface area (Å²) < 4.78 is 84.9. The number of hydrogen-bond acceptors (Lipinski definition) is 3. The van der Waals surface area contributed by atoms with E-state index in [9.17, 15) is 26.3 Å². The molecule has 21 heavy (non-hydrogen) atoms. The maximum Gasteiger partial charge on any atom is 0.573 e. The van der Waals surface area contributed by atoms with Crippen molar-refractivity contribution in [1.29, 1.82) is 0 Å². The Hall–Kier alpha value is -1.64. The van der Waals surface area contributed by atoms with Gasteiger partial charge in [-0.25, -0.2) is 0 Å². The van der Waals surface area contributed by atoms with Crippen LogP contribution < -0.4 is 9.47 Å². The first kappa shape index (κ1) is 17.4. The fraction of sp³-hybridized carbons (Fsp3) is 0.417. The molecule has 0 saturated carbocycles. The fourth-order valence-corrected chi connectivity index (χ4v) is 1.39. The molecule has 3 nitrogen and oxygen atoms in total. The first-order valence-electron chi connectivity index (χ1n) is 5.61. The van der Waals surface area contributed by atoms with Crippen molar-refractivity contribution in [2.45, 2.75) is 25.8 Å². The number of hydrogen-bond donors (Lipinski definition) is 0. The first-order chi connectivity index (χ1) is 9.59. The molecule has 1 radical (unpaired) electrons. The molecule has 0 bridgehead atoms. The predicted octanol–water partition coefficient (Wildman–Crippen LogP) is 4.22. The third kappa shape index (κ3) is 7.64. The van der Waals surface area contributed by atoms with Crippen LogP contribution in [0.4, 0.5) is 26.3 Å². The van der Waals surface area contributed by atoms with Crippen LogP contribution >= 0.6 is 0 Å². The smallest absolute Gasteiger partial charge is 0.406 e. The molecule has 0 spiro atoms. The summed E-state index contributed by atoms with van der Waals surface area (Å²) in [6.07, 6.45) is -9.64. The quantitative estimate of drug-likeness (QED) is 0.581. The molecule has 0 unspecified atom stereocenters. The van der Waals surface area contributed by atoms with Gasteiger partial charge in [-0.05, 0) is 24.1 Å². The van der Waals surface area contributed by atoms with E-state index in [1.54, 1.807) is 0 Å². The van der Waals surface area contributed by atoms with E-state index in [2.05, 4.69) is 16.4 Å². The molecule has 1 rings (SSSR count). The van der Waals surface area contributed by atoms with E-state index in [1.165, 1.54) is 0 Å². The van der Waals surface area contributed by atoms with Crippen LogP contribution in [-0.4, -0.2) is 19.3 Å². The molecular formula is C12H11F6O3. The van der Waals surface area contributed by atoms with E-state index in [4.69, 9.17) is 4.74 Å². The van der Waals surface area contributed by atoms with Gasteiger partial charge in [0.05, 0.1) is 6.61 Å². The second-order valence-corrected chi connectivity index (χ2v) is 3.81. The van der Waals surface area contributed by atoms with Crippen molar-refractivity contribution in [3.05, 3.63) is 30.7 Å². The number of alkyl halides is 6. The molecule has 0 aliphatic carbocycles. The summed E-state index contributed by atoms with van der Waals surface area (Å²) in [4.78, 5) is 0. The Kier molecular flexibility index (Phi) is 5.70. The highest BCUT2D eigenvalue weighted by Gasteiger charge is 2.33. The van der Waals surface area contributed by atoms with E-state index in [0.717, 1.165) is 12.1 Å². The Morgan fingerprint density at radius 1 is 0.857 bits per heavy atom. The molecular weight excluding hydrogens is 306 g/mol. The van der Waals surface area contributed by atoms with Crippen LogP contribution in [-0.2, 0) is 11.3 Å². The molecule has 119 valence electrons. The van der Waals surface area contributed by atoms with Crippen molar-refractivity contribution in [2.24, 2.45) is 0 Å². The highest BCUT2D eigenvalue weighted by atomic mass is 19.4. The monoisotopic (exact) mass is 317 g/mol. The highest BCUT2D eigenvalue weighted by molar-refractivity contribution is 5.38. The molecule has 9 heteroatoms. The van der Waals surface area contributed by atoms with Crippen molar-refractivity contribution in [1.82, 2.24) is 0 Å². The van der Waals surface area contributed by atoms with E-state index >= 15 is 0 Å². The van der Waals surface area contributed by atoms with Gasteiger partial charge in [0, 0.05) is 12.7 Å². The fourth-order valence-electron chi connectivity index (χ4n) is 1.39. The molecule has 0 fully saturated rings. The van der Waals surface area contributed by atoms with E-state index in [0.29, 0.717) is 12.5 Å². The van der Waals surface area contributed by atoms with Gasteiger partial charge in [-0.1, -0.05) is 6.92 Å². The lowest BCUT2D eigenvalue weighted by atomic mass is 10.2. The van der Waals surface area contributed by atoms with Gasteiger partial charge in [-0.15, -0.1) is 26.3 Å². The summed E-state index contributed by atoms with van der Waals surface area (Å²) in [6.45, 7) is 3.49. The molecule has 0 aromatic heterocycles. The number of halogens is 6. The van der Waals surface area contributed by atoms with Crippen LogP contribution in [0, 0.1) is 6.92 Å². The number of benzene rings is 1. The maximum absolute atomic E-state index is 12.1. The maximum atomic E-state index is 12.1. The summed E-state index contributed by atoms with van der Waals surface area (Å²) in [5.41, 5.74) is 0.0458. The van der Waals surface area contributed by atoms with Crippen molar-refractivity contribution in [3.8, 4) is 11.5 Å². The Morgan fingerprint density at radius 3 is 1.71 bits per heavy atom. The molecule has 0 heterocycles. The topological polar surface area (TPSA) is 27.7 Å². The van der Waals surface area contributed by atoms with E-state index < -0.39 is 24.2 Å². The Labute approximate surface area is 116 Å². The van der Waals surface area contributed by atoms with Gasteiger partial charge in [-0.2, -0.15) is 0 Å². The van der Waals surface area contributed by atoms with Crippen LogP contribution in [0.1, 0.15) is 12.0 Å². The number of rotatable bonds is 6. The van der Waals surface area contributed by atoms with Crippen molar-refractivity contribution < 1.29 is 40.6 Å². The minimum atomic E-state index is -5.03. The zero-order chi connectivity index (χ0) is 16.1. The molecule has 0 amide bonds. The van der Waals surface area contributed by atoms with E-state index in [-0.39, 0.29) is 18.8 Å². The van der Waals surface area contributed by atoms with Crippen molar-refractivity contribution >= 4 is 0 Å². The molecule has 1 aromatic rings. The molecule has 1 aromatic carbocycles. The third-order valence-corrected chi connectivity index (χ3v) is 1.96. The SMILES string of the molecule is [CH2]CCOCc1cc(OC(F)(F)F)cc(OC(F)(F)F)c1. The van der Waals surface area contributed by atoms with Gasteiger partial charge < -0.3 is 14.2 Å². The molecule has 0 saturated heterocycles. The van der Waals surface area contributed by atoms with Gasteiger partial charge in [0.1, 0.15) is 11.5 Å². The zero-order valence-corrected chi connectivity index (χ0v) is 10.6. The number of ether oxygens (including phenoxy) is 3. The largest absolute Gasteiger partial charge is 0.573 e. The lowest BCUT2D eigenvalue weighted by Crippen LogP contribution is -2.19. The molecule has 0 aliphatic heterocycles. The Morgan fingerprint density at radius 2 is 1.33 bits per heavy atom.